The van der Waals surface area contributed by atoms with Gasteiger partial charge in [0.1, 0.15) is 11.9 Å². The maximum atomic E-state index is 12.9. The molecular weight excluding hydrogens is 254 g/mol. The average Bonchev–Trinajstić information content (AvgIpc) is 2.71. The van der Waals surface area contributed by atoms with Crippen LogP contribution in [0.3, 0.4) is 0 Å². The Morgan fingerprint density at radius 1 is 1.40 bits per heavy atom. The Kier molecular flexibility index (Phi) is 3.30. The summed E-state index contributed by atoms with van der Waals surface area (Å²) < 4.78 is 5.42. The average molecular weight is 275 g/mol. The van der Waals surface area contributed by atoms with Gasteiger partial charge in [-0.2, -0.15) is 0 Å². The number of hydrogen-bond acceptors (Lipinski definition) is 4. The molecule has 108 valence electrons. The highest BCUT2D eigenvalue weighted by atomic mass is 16.5. The van der Waals surface area contributed by atoms with Gasteiger partial charge < -0.3 is 19.4 Å². The largest absolute Gasteiger partial charge is 0.377 e. The number of ether oxygens (including phenoxy) is 1. The molecule has 3 aliphatic heterocycles. The predicted octanol–water partition coefficient (Wildman–Crippen LogP) is 1.12. The zero-order valence-corrected chi connectivity index (χ0v) is 12.2. The number of morpholine rings is 1. The molecule has 0 spiro atoms. The van der Waals surface area contributed by atoms with E-state index in [-0.39, 0.29) is 18.1 Å². The monoisotopic (exact) mass is 275 g/mol. The second-order valence-electron chi connectivity index (χ2n) is 5.51. The van der Waals surface area contributed by atoms with Crippen molar-refractivity contribution >= 4 is 5.91 Å². The van der Waals surface area contributed by atoms with E-state index in [1.807, 2.05) is 44.1 Å². The molecule has 1 saturated heterocycles. The van der Waals surface area contributed by atoms with Crippen LogP contribution in [0.25, 0.3) is 0 Å². The van der Waals surface area contributed by atoms with E-state index in [0.29, 0.717) is 19.8 Å². The van der Waals surface area contributed by atoms with Crippen molar-refractivity contribution in [2.45, 2.75) is 26.1 Å². The van der Waals surface area contributed by atoms with Gasteiger partial charge in [-0.1, -0.05) is 6.08 Å². The second kappa shape index (κ2) is 4.98. The molecule has 0 saturated carbocycles. The Balaban J connectivity index is 1.90. The summed E-state index contributed by atoms with van der Waals surface area (Å²) in [7, 11) is 2.03. The fourth-order valence-corrected chi connectivity index (χ4v) is 2.99. The summed E-state index contributed by atoms with van der Waals surface area (Å²) in [5.41, 5.74) is 1.81. The molecule has 2 atom stereocenters. The maximum Gasteiger partial charge on any atom is 0.272 e. The third-order valence-corrected chi connectivity index (χ3v) is 4.28. The summed E-state index contributed by atoms with van der Waals surface area (Å²) in [6, 6.07) is 0.130. The predicted molar refractivity (Wildman–Crippen MR) is 76.4 cm³/mol. The molecule has 0 aromatic carbocycles. The van der Waals surface area contributed by atoms with Crippen LogP contribution in [0.4, 0.5) is 0 Å². The number of likely N-dealkylation sites (N-methyl/N-ethyl adjacent to an activating group) is 1. The molecule has 3 aliphatic rings. The van der Waals surface area contributed by atoms with Crippen LogP contribution in [-0.2, 0) is 9.53 Å². The number of hydrogen-bond donors (Lipinski definition) is 0. The number of carbonyl (C=O) groups excluding carboxylic acids is 1. The zero-order chi connectivity index (χ0) is 14.3. The van der Waals surface area contributed by atoms with Gasteiger partial charge in [-0.15, -0.1) is 0 Å². The van der Waals surface area contributed by atoms with Gasteiger partial charge in [-0.05, 0) is 26.0 Å². The molecule has 0 aromatic heterocycles. The van der Waals surface area contributed by atoms with Crippen LogP contribution in [0.15, 0.2) is 35.8 Å². The first-order valence-corrected chi connectivity index (χ1v) is 7.07. The van der Waals surface area contributed by atoms with Crippen molar-refractivity contribution in [2.75, 3.05) is 26.8 Å². The lowest BCUT2D eigenvalue weighted by atomic mass is 10.2. The molecule has 1 fully saturated rings. The van der Waals surface area contributed by atoms with Crippen molar-refractivity contribution in [1.29, 1.82) is 0 Å². The third-order valence-electron chi connectivity index (χ3n) is 4.28. The molecule has 3 heterocycles. The first-order valence-electron chi connectivity index (χ1n) is 7.07. The third kappa shape index (κ3) is 1.93. The van der Waals surface area contributed by atoms with E-state index in [1.54, 1.807) is 0 Å². The van der Waals surface area contributed by atoms with Crippen molar-refractivity contribution in [3.8, 4) is 0 Å². The number of carbonyl (C=O) groups is 1. The number of allylic oxidation sites excluding steroid dienone is 3. The SMILES string of the molecule is CC1=C(C(=O)N2CCOC[C@@H]2C)N2C=CC=CC2N1C. The highest BCUT2D eigenvalue weighted by molar-refractivity contribution is 5.94. The zero-order valence-electron chi connectivity index (χ0n) is 12.2. The summed E-state index contributed by atoms with van der Waals surface area (Å²) in [4.78, 5) is 19.0. The van der Waals surface area contributed by atoms with Crippen LogP contribution in [0.5, 0.6) is 0 Å². The van der Waals surface area contributed by atoms with Crippen LogP contribution in [0.2, 0.25) is 0 Å². The number of rotatable bonds is 1. The topological polar surface area (TPSA) is 36.0 Å². The van der Waals surface area contributed by atoms with E-state index in [4.69, 9.17) is 4.74 Å². The van der Waals surface area contributed by atoms with Gasteiger partial charge in [0.15, 0.2) is 0 Å². The summed E-state index contributed by atoms with van der Waals surface area (Å²) in [5, 5.41) is 0. The molecule has 5 heteroatoms. The fraction of sp³-hybridized carbons (Fsp3) is 0.533. The quantitative estimate of drug-likeness (QED) is 0.718. The fourth-order valence-electron chi connectivity index (χ4n) is 2.99. The summed E-state index contributed by atoms with van der Waals surface area (Å²) in [6.07, 6.45) is 8.20. The van der Waals surface area contributed by atoms with Gasteiger partial charge in [0.25, 0.3) is 5.91 Å². The van der Waals surface area contributed by atoms with Crippen LogP contribution in [0.1, 0.15) is 13.8 Å². The van der Waals surface area contributed by atoms with Gasteiger partial charge in [0, 0.05) is 25.5 Å². The molecule has 5 nitrogen and oxygen atoms in total. The van der Waals surface area contributed by atoms with Gasteiger partial charge in [0.05, 0.1) is 19.3 Å². The summed E-state index contributed by atoms with van der Waals surface area (Å²) >= 11 is 0. The number of nitrogens with zero attached hydrogens (tertiary/aromatic N) is 3. The van der Waals surface area contributed by atoms with Gasteiger partial charge >= 0.3 is 0 Å². The molecular formula is C15H21N3O2. The molecule has 0 bridgehead atoms. The van der Waals surface area contributed by atoms with E-state index in [9.17, 15) is 4.79 Å². The van der Waals surface area contributed by atoms with Crippen molar-refractivity contribution in [3.63, 3.8) is 0 Å². The van der Waals surface area contributed by atoms with E-state index in [2.05, 4.69) is 15.9 Å². The van der Waals surface area contributed by atoms with E-state index in [0.717, 1.165) is 11.4 Å². The first kappa shape index (κ1) is 13.2. The molecule has 0 aromatic rings. The maximum absolute atomic E-state index is 12.9. The van der Waals surface area contributed by atoms with Crippen LogP contribution in [0, 0.1) is 0 Å². The normalized spacial score (nSPS) is 29.2. The van der Waals surface area contributed by atoms with Gasteiger partial charge in [-0.25, -0.2) is 0 Å². The minimum absolute atomic E-state index is 0.104. The van der Waals surface area contributed by atoms with Crippen LogP contribution >= 0.6 is 0 Å². The minimum atomic E-state index is 0.104. The molecule has 1 amide bonds. The van der Waals surface area contributed by atoms with Gasteiger partial charge in [0.2, 0.25) is 0 Å². The Morgan fingerprint density at radius 3 is 2.95 bits per heavy atom. The van der Waals surface area contributed by atoms with Crippen LogP contribution in [-0.4, -0.2) is 59.6 Å². The van der Waals surface area contributed by atoms with Crippen molar-refractivity contribution in [2.24, 2.45) is 0 Å². The van der Waals surface area contributed by atoms with E-state index >= 15 is 0 Å². The van der Waals surface area contributed by atoms with Crippen molar-refractivity contribution in [1.82, 2.24) is 14.7 Å². The summed E-state index contributed by atoms with van der Waals surface area (Å²) in [5.74, 6) is 0.104. The number of amides is 1. The second-order valence-corrected chi connectivity index (χ2v) is 5.51. The smallest absolute Gasteiger partial charge is 0.272 e. The lowest BCUT2D eigenvalue weighted by Crippen LogP contribution is -2.49. The Bertz CT molecular complexity index is 509. The molecule has 0 radical (unpaired) electrons. The Morgan fingerprint density at radius 2 is 2.20 bits per heavy atom. The van der Waals surface area contributed by atoms with Crippen molar-refractivity contribution < 1.29 is 9.53 Å². The lowest BCUT2D eigenvalue weighted by Gasteiger charge is -2.35. The molecule has 0 N–H and O–H groups in total. The van der Waals surface area contributed by atoms with Crippen molar-refractivity contribution in [3.05, 3.63) is 35.8 Å². The van der Waals surface area contributed by atoms with E-state index < -0.39 is 0 Å². The minimum Gasteiger partial charge on any atom is -0.377 e. The number of fused-ring (bicyclic) bond motifs is 1. The molecule has 3 rings (SSSR count). The highest BCUT2D eigenvalue weighted by Crippen LogP contribution is 2.32. The molecule has 20 heavy (non-hydrogen) atoms. The Hall–Kier alpha value is -1.75. The first-order chi connectivity index (χ1) is 9.61. The van der Waals surface area contributed by atoms with Crippen LogP contribution < -0.4 is 0 Å². The summed E-state index contributed by atoms with van der Waals surface area (Å²) in [6.45, 7) is 5.95. The lowest BCUT2D eigenvalue weighted by molar-refractivity contribution is -0.136. The Labute approximate surface area is 119 Å². The molecule has 0 aliphatic carbocycles. The highest BCUT2D eigenvalue weighted by Gasteiger charge is 2.39. The molecule has 1 unspecified atom stereocenters. The van der Waals surface area contributed by atoms with E-state index in [1.165, 1.54) is 0 Å². The standard InChI is InChI=1S/C15H21N3O2/c1-11-10-20-9-8-17(11)15(19)14-12(2)16(3)13-6-4-5-7-18(13)14/h4-7,11,13H,8-10H2,1-3H3/t11-,13?/m0/s1. The van der Waals surface area contributed by atoms with Gasteiger partial charge in [-0.3, -0.25) is 4.79 Å².